The molecule has 0 bridgehead atoms. The summed E-state index contributed by atoms with van der Waals surface area (Å²) < 4.78 is 11.2. The molecule has 0 saturated heterocycles. The van der Waals surface area contributed by atoms with Crippen molar-refractivity contribution in [3.8, 4) is 22.8 Å². The van der Waals surface area contributed by atoms with Crippen LogP contribution in [-0.2, 0) is 6.54 Å². The maximum absolute atomic E-state index is 13.7. The van der Waals surface area contributed by atoms with Crippen LogP contribution in [0.15, 0.2) is 72.8 Å². The molecule has 1 unspecified atom stereocenters. The summed E-state index contributed by atoms with van der Waals surface area (Å²) in [5.74, 6) is 1.57. The second-order valence-corrected chi connectivity index (χ2v) is 9.18. The number of hydrogen-bond donors (Lipinski definition) is 1. The number of amides is 1. The van der Waals surface area contributed by atoms with Gasteiger partial charge in [-0.1, -0.05) is 67.4 Å². The van der Waals surface area contributed by atoms with Crippen LogP contribution in [0.4, 0.5) is 0 Å². The van der Waals surface area contributed by atoms with Gasteiger partial charge < -0.3 is 14.4 Å². The maximum atomic E-state index is 13.7. The van der Waals surface area contributed by atoms with Crippen LogP contribution < -0.4 is 9.47 Å². The number of carbonyl (C=O) groups is 1. The van der Waals surface area contributed by atoms with Gasteiger partial charge in [0.2, 0.25) is 0 Å². The van der Waals surface area contributed by atoms with Gasteiger partial charge in [-0.15, -0.1) is 0 Å². The standard InChI is InChI=1S/C30H31N3O3/c1-4-5-18-36-25-16-12-23(13-17-25)29-26-27(22-10-6-20(2)7-11-22)31-32-28(26)30(34)33(29)19-21-8-14-24(35-3)15-9-21/h6-17,29H,4-5,18-19H2,1-3H3,(H,31,32). The van der Waals surface area contributed by atoms with Gasteiger partial charge >= 0.3 is 0 Å². The Balaban J connectivity index is 1.53. The highest BCUT2D eigenvalue weighted by Crippen LogP contribution is 2.43. The number of fused-ring (bicyclic) bond motifs is 1. The SMILES string of the molecule is CCCCOc1ccc(C2c3c(-c4ccc(C)cc4)n[nH]c3C(=O)N2Cc2ccc(OC)cc2)cc1. The van der Waals surface area contributed by atoms with Crippen LogP contribution in [0.25, 0.3) is 11.3 Å². The third kappa shape index (κ3) is 4.59. The van der Waals surface area contributed by atoms with Crippen molar-refractivity contribution in [2.45, 2.75) is 39.3 Å². The molecule has 0 radical (unpaired) electrons. The second kappa shape index (κ2) is 10.3. The molecule has 1 amide bonds. The Kier molecular flexibility index (Phi) is 6.76. The van der Waals surface area contributed by atoms with Crippen molar-refractivity contribution < 1.29 is 14.3 Å². The van der Waals surface area contributed by atoms with E-state index >= 15 is 0 Å². The number of benzene rings is 3. The lowest BCUT2D eigenvalue weighted by Gasteiger charge is -2.27. The van der Waals surface area contributed by atoms with Crippen LogP contribution in [0.2, 0.25) is 0 Å². The van der Waals surface area contributed by atoms with Crippen molar-refractivity contribution in [3.63, 3.8) is 0 Å². The van der Waals surface area contributed by atoms with Crippen molar-refractivity contribution in [1.29, 1.82) is 0 Å². The van der Waals surface area contributed by atoms with Crippen molar-refractivity contribution in [1.82, 2.24) is 15.1 Å². The van der Waals surface area contributed by atoms with E-state index in [1.165, 1.54) is 5.56 Å². The summed E-state index contributed by atoms with van der Waals surface area (Å²) in [4.78, 5) is 15.6. The molecule has 0 spiro atoms. The predicted molar refractivity (Wildman–Crippen MR) is 140 cm³/mol. The summed E-state index contributed by atoms with van der Waals surface area (Å²) in [7, 11) is 1.65. The number of H-pyrrole nitrogens is 1. The van der Waals surface area contributed by atoms with Crippen LogP contribution in [0.1, 0.15) is 58.5 Å². The molecule has 1 aliphatic heterocycles. The number of nitrogens with zero attached hydrogens (tertiary/aromatic N) is 2. The Bertz CT molecular complexity index is 1330. The highest BCUT2D eigenvalue weighted by Gasteiger charge is 2.42. The van der Waals surface area contributed by atoms with E-state index in [0.29, 0.717) is 18.8 Å². The fourth-order valence-electron chi connectivity index (χ4n) is 4.65. The highest BCUT2D eigenvalue weighted by atomic mass is 16.5. The molecular weight excluding hydrogens is 450 g/mol. The highest BCUT2D eigenvalue weighted by molar-refractivity contribution is 6.00. The van der Waals surface area contributed by atoms with Crippen LogP contribution >= 0.6 is 0 Å². The Morgan fingerprint density at radius 1 is 0.944 bits per heavy atom. The monoisotopic (exact) mass is 481 g/mol. The van der Waals surface area contributed by atoms with Gasteiger partial charge in [-0.05, 0) is 48.7 Å². The Morgan fingerprint density at radius 3 is 2.31 bits per heavy atom. The lowest BCUT2D eigenvalue weighted by Crippen LogP contribution is -2.29. The van der Waals surface area contributed by atoms with Crippen molar-refractivity contribution in [2.24, 2.45) is 0 Å². The fraction of sp³-hybridized carbons (Fsp3) is 0.267. The molecule has 6 nitrogen and oxygen atoms in total. The molecular formula is C30H31N3O3. The van der Waals surface area contributed by atoms with Crippen LogP contribution in [0, 0.1) is 6.92 Å². The van der Waals surface area contributed by atoms with E-state index in [4.69, 9.17) is 9.47 Å². The number of nitrogens with one attached hydrogen (secondary N) is 1. The Hall–Kier alpha value is -4.06. The molecule has 2 heterocycles. The molecule has 36 heavy (non-hydrogen) atoms. The minimum Gasteiger partial charge on any atom is -0.497 e. The molecule has 3 aromatic carbocycles. The van der Waals surface area contributed by atoms with Gasteiger partial charge in [-0.2, -0.15) is 5.10 Å². The topological polar surface area (TPSA) is 67.5 Å². The first-order valence-corrected chi connectivity index (χ1v) is 12.4. The zero-order chi connectivity index (χ0) is 25.1. The largest absolute Gasteiger partial charge is 0.497 e. The molecule has 1 aliphatic rings. The minimum absolute atomic E-state index is 0.0556. The average molecular weight is 482 g/mol. The second-order valence-electron chi connectivity index (χ2n) is 9.18. The summed E-state index contributed by atoms with van der Waals surface area (Å²) in [6.45, 7) is 5.38. The molecule has 5 rings (SSSR count). The number of aromatic nitrogens is 2. The summed E-state index contributed by atoms with van der Waals surface area (Å²) in [6, 6.07) is 23.9. The molecule has 0 aliphatic carbocycles. The number of aryl methyl sites for hydroxylation is 1. The molecule has 1 N–H and O–H groups in total. The van der Waals surface area contributed by atoms with E-state index in [0.717, 1.165) is 52.3 Å². The molecule has 0 fully saturated rings. The summed E-state index contributed by atoms with van der Waals surface area (Å²) in [5, 5.41) is 7.62. The first-order valence-electron chi connectivity index (χ1n) is 12.4. The number of aromatic amines is 1. The lowest BCUT2D eigenvalue weighted by molar-refractivity contribution is 0.0730. The number of carbonyl (C=O) groups excluding carboxylic acids is 1. The van der Waals surface area contributed by atoms with Crippen LogP contribution in [0.3, 0.4) is 0 Å². The molecule has 1 atom stereocenters. The first-order chi connectivity index (χ1) is 17.6. The fourth-order valence-corrected chi connectivity index (χ4v) is 4.65. The maximum Gasteiger partial charge on any atom is 0.273 e. The van der Waals surface area contributed by atoms with E-state index in [1.807, 2.05) is 41.3 Å². The third-order valence-corrected chi connectivity index (χ3v) is 6.66. The summed E-state index contributed by atoms with van der Waals surface area (Å²) in [6.07, 6.45) is 2.11. The molecule has 1 aromatic heterocycles. The minimum atomic E-state index is -0.269. The van der Waals surface area contributed by atoms with Gasteiger partial charge in [0.1, 0.15) is 17.2 Å². The number of methoxy groups -OCH3 is 1. The van der Waals surface area contributed by atoms with Gasteiger partial charge in [0.15, 0.2) is 0 Å². The van der Waals surface area contributed by atoms with Crippen molar-refractivity contribution >= 4 is 5.91 Å². The van der Waals surface area contributed by atoms with Crippen molar-refractivity contribution in [2.75, 3.05) is 13.7 Å². The first kappa shape index (κ1) is 23.7. The van der Waals surface area contributed by atoms with E-state index < -0.39 is 0 Å². The van der Waals surface area contributed by atoms with Crippen molar-refractivity contribution in [3.05, 3.63) is 101 Å². The van der Waals surface area contributed by atoms with Gasteiger partial charge in [0.05, 0.1) is 25.5 Å². The number of hydrogen-bond acceptors (Lipinski definition) is 4. The Labute approximate surface area is 211 Å². The van der Waals surface area contributed by atoms with E-state index in [1.54, 1.807) is 7.11 Å². The number of rotatable bonds is 9. The summed E-state index contributed by atoms with van der Waals surface area (Å²) >= 11 is 0. The van der Waals surface area contributed by atoms with Gasteiger partial charge in [0.25, 0.3) is 5.91 Å². The molecule has 6 heteroatoms. The Morgan fingerprint density at radius 2 is 1.64 bits per heavy atom. The van der Waals surface area contributed by atoms with E-state index in [9.17, 15) is 4.79 Å². The van der Waals surface area contributed by atoms with Gasteiger partial charge in [0, 0.05) is 17.7 Å². The smallest absolute Gasteiger partial charge is 0.273 e. The van der Waals surface area contributed by atoms with Crippen LogP contribution in [0.5, 0.6) is 11.5 Å². The van der Waals surface area contributed by atoms with E-state index in [2.05, 4.69) is 60.4 Å². The zero-order valence-corrected chi connectivity index (χ0v) is 21.0. The normalized spacial score (nSPS) is 14.7. The quantitative estimate of drug-likeness (QED) is 0.284. The van der Waals surface area contributed by atoms with Gasteiger partial charge in [-0.3, -0.25) is 9.89 Å². The summed E-state index contributed by atoms with van der Waals surface area (Å²) in [5.41, 5.74) is 6.49. The lowest BCUT2D eigenvalue weighted by atomic mass is 9.95. The van der Waals surface area contributed by atoms with E-state index in [-0.39, 0.29) is 11.9 Å². The zero-order valence-electron chi connectivity index (χ0n) is 21.0. The average Bonchev–Trinajstić information content (AvgIpc) is 3.45. The van der Waals surface area contributed by atoms with Gasteiger partial charge in [-0.25, -0.2) is 0 Å². The molecule has 4 aromatic rings. The third-order valence-electron chi connectivity index (χ3n) is 6.66. The van der Waals surface area contributed by atoms with Crippen LogP contribution in [-0.4, -0.2) is 34.7 Å². The molecule has 184 valence electrons. The number of ether oxygens (including phenoxy) is 2. The predicted octanol–water partition coefficient (Wildman–Crippen LogP) is 6.32. The molecule has 0 saturated carbocycles. The number of unbranched alkanes of at least 4 members (excludes halogenated alkanes) is 1.